The van der Waals surface area contributed by atoms with Crippen molar-refractivity contribution in [2.45, 2.75) is 19.1 Å². The van der Waals surface area contributed by atoms with Crippen molar-refractivity contribution in [2.75, 3.05) is 18.0 Å². The fraction of sp³-hybridized carbons (Fsp3) is 0.263. The molecule has 0 radical (unpaired) electrons. The third kappa shape index (κ3) is 3.75. The molecule has 4 rings (SSSR count). The van der Waals surface area contributed by atoms with Crippen LogP contribution in [-0.2, 0) is 4.74 Å². The lowest BCUT2D eigenvalue weighted by Crippen LogP contribution is -2.43. The predicted molar refractivity (Wildman–Crippen MR) is 110 cm³/mol. The molecule has 0 saturated carbocycles. The molecule has 1 aliphatic rings. The molecule has 5 nitrogen and oxygen atoms in total. The van der Waals surface area contributed by atoms with Crippen molar-refractivity contribution in [3.05, 3.63) is 73.3 Å². The van der Waals surface area contributed by atoms with Crippen LogP contribution in [0.2, 0.25) is 10.0 Å². The zero-order valence-electron chi connectivity index (χ0n) is 14.5. The summed E-state index contributed by atoms with van der Waals surface area (Å²) in [5.74, 6) is 0. The number of thiophene rings is 1. The third-order valence-corrected chi connectivity index (χ3v) is 5.80. The van der Waals surface area contributed by atoms with Crippen LogP contribution in [0.25, 0.3) is 5.69 Å². The van der Waals surface area contributed by atoms with Crippen molar-refractivity contribution in [3.8, 4) is 5.69 Å². The average molecular weight is 422 g/mol. The van der Waals surface area contributed by atoms with E-state index >= 15 is 0 Å². The van der Waals surface area contributed by atoms with E-state index < -0.39 is 0 Å². The Kier molecular flexibility index (Phi) is 5.23. The van der Waals surface area contributed by atoms with E-state index in [9.17, 15) is 4.79 Å². The number of hydrogen-bond donors (Lipinski definition) is 0. The fourth-order valence-electron chi connectivity index (χ4n) is 3.20. The van der Waals surface area contributed by atoms with E-state index in [0.717, 1.165) is 5.56 Å². The zero-order chi connectivity index (χ0) is 19.0. The van der Waals surface area contributed by atoms with Crippen molar-refractivity contribution < 1.29 is 4.74 Å². The van der Waals surface area contributed by atoms with Gasteiger partial charge >= 0.3 is 0 Å². The molecule has 140 valence electrons. The first-order valence-corrected chi connectivity index (χ1v) is 10.2. The van der Waals surface area contributed by atoms with Crippen LogP contribution in [0.4, 0.5) is 5.69 Å². The van der Waals surface area contributed by atoms with Gasteiger partial charge in [-0.1, -0.05) is 23.2 Å². The van der Waals surface area contributed by atoms with Crippen molar-refractivity contribution >= 4 is 40.2 Å². The lowest BCUT2D eigenvalue weighted by Gasteiger charge is -2.38. The first kappa shape index (κ1) is 18.5. The van der Waals surface area contributed by atoms with Crippen molar-refractivity contribution in [3.63, 3.8) is 0 Å². The van der Waals surface area contributed by atoms with Crippen LogP contribution >= 0.6 is 34.5 Å². The Hall–Kier alpha value is -1.86. The monoisotopic (exact) mass is 421 g/mol. The number of benzene rings is 1. The van der Waals surface area contributed by atoms with E-state index in [2.05, 4.69) is 21.4 Å². The summed E-state index contributed by atoms with van der Waals surface area (Å²) in [7, 11) is 0. The van der Waals surface area contributed by atoms with Crippen molar-refractivity contribution in [1.29, 1.82) is 0 Å². The molecular weight excluding hydrogens is 405 g/mol. The normalized spacial score (nSPS) is 20.0. The van der Waals surface area contributed by atoms with Gasteiger partial charge in [0.1, 0.15) is 11.1 Å². The molecule has 0 spiro atoms. The molecular formula is C19H17Cl2N3O2S. The molecule has 2 atom stereocenters. The Morgan fingerprint density at radius 2 is 1.96 bits per heavy atom. The number of rotatable bonds is 3. The number of anilines is 1. The molecule has 1 aromatic carbocycles. The first-order chi connectivity index (χ1) is 13.0. The topological polar surface area (TPSA) is 47.4 Å². The molecule has 3 aromatic rings. The van der Waals surface area contributed by atoms with Crippen molar-refractivity contribution in [2.24, 2.45) is 0 Å². The van der Waals surface area contributed by atoms with Gasteiger partial charge in [-0.05, 0) is 53.6 Å². The summed E-state index contributed by atoms with van der Waals surface area (Å²) in [5, 5.41) is 9.18. The molecule has 1 fully saturated rings. The summed E-state index contributed by atoms with van der Waals surface area (Å²) in [6.07, 6.45) is 1.59. The van der Waals surface area contributed by atoms with Gasteiger partial charge in [0.15, 0.2) is 0 Å². The third-order valence-electron chi connectivity index (χ3n) is 4.49. The molecule has 8 heteroatoms. The number of nitrogens with zero attached hydrogens (tertiary/aromatic N) is 3. The molecule has 2 unspecified atom stereocenters. The highest BCUT2D eigenvalue weighted by Crippen LogP contribution is 2.31. The van der Waals surface area contributed by atoms with E-state index in [1.54, 1.807) is 41.8 Å². The smallest absolute Gasteiger partial charge is 0.292 e. The highest BCUT2D eigenvalue weighted by molar-refractivity contribution is 7.07. The van der Waals surface area contributed by atoms with Crippen LogP contribution < -0.4 is 10.5 Å². The maximum absolute atomic E-state index is 12.8. The van der Waals surface area contributed by atoms with E-state index in [4.69, 9.17) is 27.9 Å². The Morgan fingerprint density at radius 1 is 1.19 bits per heavy atom. The summed E-state index contributed by atoms with van der Waals surface area (Å²) in [6.45, 7) is 3.28. The number of ether oxygens (including phenoxy) is 1. The Balaban J connectivity index is 1.66. The summed E-state index contributed by atoms with van der Waals surface area (Å²) < 4.78 is 7.34. The van der Waals surface area contributed by atoms with Gasteiger partial charge in [0.05, 0.1) is 23.7 Å². The highest BCUT2D eigenvalue weighted by Gasteiger charge is 2.29. The minimum atomic E-state index is -0.359. The zero-order valence-corrected chi connectivity index (χ0v) is 16.8. The lowest BCUT2D eigenvalue weighted by atomic mass is 10.1. The molecule has 27 heavy (non-hydrogen) atoms. The van der Waals surface area contributed by atoms with Crippen LogP contribution in [0, 0.1) is 0 Å². The van der Waals surface area contributed by atoms with Crippen molar-refractivity contribution in [1.82, 2.24) is 9.78 Å². The van der Waals surface area contributed by atoms with Gasteiger partial charge in [-0.2, -0.15) is 21.1 Å². The second-order valence-corrected chi connectivity index (χ2v) is 8.03. The van der Waals surface area contributed by atoms with Gasteiger partial charge in [-0.25, -0.2) is 0 Å². The molecule has 0 N–H and O–H groups in total. The van der Waals surface area contributed by atoms with Gasteiger partial charge < -0.3 is 9.64 Å². The second kappa shape index (κ2) is 7.64. The van der Waals surface area contributed by atoms with Crippen LogP contribution in [0.3, 0.4) is 0 Å². The van der Waals surface area contributed by atoms with Crippen LogP contribution in [0.1, 0.15) is 18.6 Å². The summed E-state index contributed by atoms with van der Waals surface area (Å²) in [5.41, 5.74) is 2.02. The van der Waals surface area contributed by atoms with E-state index in [0.29, 0.717) is 29.5 Å². The maximum atomic E-state index is 12.8. The molecule has 0 amide bonds. The summed E-state index contributed by atoms with van der Waals surface area (Å²) in [4.78, 5) is 14.9. The quantitative estimate of drug-likeness (QED) is 0.621. The molecule has 1 aliphatic heterocycles. The van der Waals surface area contributed by atoms with E-state index in [1.165, 1.54) is 4.68 Å². The van der Waals surface area contributed by atoms with Crippen LogP contribution in [-0.4, -0.2) is 29.0 Å². The standard InChI is InChI=1S/C19H17Cl2N3O2S/c1-12-9-23(10-17(26-12)13-6-7-27-11-13)16-8-22-24(19(25)18(16)21)15-4-2-14(20)3-5-15/h2-8,11-12,17H,9-10H2,1H3. The Bertz CT molecular complexity index is 989. The van der Waals surface area contributed by atoms with Gasteiger partial charge in [-0.3, -0.25) is 4.79 Å². The fourth-order valence-corrected chi connectivity index (χ4v) is 4.28. The molecule has 2 aromatic heterocycles. The minimum Gasteiger partial charge on any atom is -0.367 e. The van der Waals surface area contributed by atoms with Crippen LogP contribution in [0.15, 0.2) is 52.1 Å². The number of hydrogen-bond acceptors (Lipinski definition) is 5. The predicted octanol–water partition coefficient (Wildman–Crippen LogP) is 4.57. The SMILES string of the molecule is CC1CN(c2cnn(-c3ccc(Cl)cc3)c(=O)c2Cl)CC(c2ccsc2)O1. The lowest BCUT2D eigenvalue weighted by molar-refractivity contribution is -0.0171. The van der Waals surface area contributed by atoms with Gasteiger partial charge in [0.2, 0.25) is 0 Å². The molecule has 1 saturated heterocycles. The largest absolute Gasteiger partial charge is 0.367 e. The van der Waals surface area contributed by atoms with Crippen LogP contribution in [0.5, 0.6) is 0 Å². The van der Waals surface area contributed by atoms with E-state index in [1.807, 2.05) is 12.3 Å². The number of halogens is 2. The van der Waals surface area contributed by atoms with Gasteiger partial charge in [-0.15, -0.1) is 0 Å². The Labute approximate surface area is 170 Å². The maximum Gasteiger partial charge on any atom is 0.292 e. The molecule has 0 aliphatic carbocycles. The van der Waals surface area contributed by atoms with E-state index in [-0.39, 0.29) is 22.8 Å². The second-order valence-electron chi connectivity index (χ2n) is 6.43. The van der Waals surface area contributed by atoms with Gasteiger partial charge in [0, 0.05) is 18.1 Å². The number of morpholine rings is 1. The number of aromatic nitrogens is 2. The minimum absolute atomic E-state index is 0.0124. The summed E-state index contributed by atoms with van der Waals surface area (Å²) >= 11 is 14.0. The molecule has 3 heterocycles. The van der Waals surface area contributed by atoms with Gasteiger partial charge in [0.25, 0.3) is 5.56 Å². The summed E-state index contributed by atoms with van der Waals surface area (Å²) in [6, 6.07) is 8.94. The Morgan fingerprint density at radius 3 is 2.67 bits per heavy atom. The molecule has 0 bridgehead atoms. The average Bonchev–Trinajstić information content (AvgIpc) is 3.19. The first-order valence-electron chi connectivity index (χ1n) is 8.49. The highest BCUT2D eigenvalue weighted by atomic mass is 35.5.